The molecule has 0 radical (unpaired) electrons. The van der Waals surface area contributed by atoms with Crippen LogP contribution in [0.3, 0.4) is 0 Å². The Morgan fingerprint density at radius 2 is 1.94 bits per heavy atom. The topological polar surface area (TPSA) is 80.1 Å². The van der Waals surface area contributed by atoms with Crippen molar-refractivity contribution in [3.8, 4) is 0 Å². The predicted molar refractivity (Wildman–Crippen MR) is 132 cm³/mol. The number of nitrogens with zero attached hydrogens (tertiary/aromatic N) is 4. The molecule has 0 spiro atoms. The number of aryl methyl sites for hydroxylation is 2. The number of hydrogen-bond acceptors (Lipinski definition) is 4. The number of rotatable bonds is 6. The molecule has 3 heterocycles. The Kier molecular flexibility index (Phi) is 6.27. The number of pyridine rings is 1. The monoisotopic (exact) mass is 471 g/mol. The van der Waals surface area contributed by atoms with Gasteiger partial charge in [0.25, 0.3) is 5.91 Å². The summed E-state index contributed by atoms with van der Waals surface area (Å²) >= 11 is 0. The zero-order chi connectivity index (χ0) is 24.4. The zero-order valence-electron chi connectivity index (χ0n) is 19.4. The molecular formula is C27H26FN5O2. The summed E-state index contributed by atoms with van der Waals surface area (Å²) in [5, 5.41) is 2.86. The third-order valence-corrected chi connectivity index (χ3v) is 6.43. The van der Waals surface area contributed by atoms with Gasteiger partial charge in [0.05, 0.1) is 23.0 Å². The number of benzene rings is 2. The second kappa shape index (κ2) is 9.66. The Hall–Kier alpha value is -4.07. The molecule has 1 aliphatic rings. The Morgan fingerprint density at radius 1 is 1.11 bits per heavy atom. The molecule has 2 amide bonds. The van der Waals surface area contributed by atoms with Gasteiger partial charge in [-0.15, -0.1) is 0 Å². The van der Waals surface area contributed by atoms with Gasteiger partial charge in [-0.25, -0.2) is 9.37 Å². The predicted octanol–water partition coefficient (Wildman–Crippen LogP) is 4.40. The van der Waals surface area contributed by atoms with Gasteiger partial charge in [0, 0.05) is 56.4 Å². The normalized spacial score (nSPS) is 15.5. The van der Waals surface area contributed by atoms with Gasteiger partial charge in [-0.2, -0.15) is 0 Å². The van der Waals surface area contributed by atoms with E-state index in [2.05, 4.69) is 15.3 Å². The van der Waals surface area contributed by atoms with Crippen molar-refractivity contribution in [3.05, 3.63) is 89.8 Å². The second-order valence-electron chi connectivity index (χ2n) is 8.84. The van der Waals surface area contributed by atoms with Gasteiger partial charge in [0.15, 0.2) is 0 Å². The second-order valence-corrected chi connectivity index (χ2v) is 8.84. The fourth-order valence-corrected chi connectivity index (χ4v) is 4.76. The minimum absolute atomic E-state index is 0.0375. The lowest BCUT2D eigenvalue weighted by Crippen LogP contribution is -2.28. The molecule has 1 N–H and O–H groups in total. The summed E-state index contributed by atoms with van der Waals surface area (Å²) < 4.78 is 16.2. The summed E-state index contributed by atoms with van der Waals surface area (Å²) in [7, 11) is 0. The van der Waals surface area contributed by atoms with Gasteiger partial charge in [-0.05, 0) is 42.3 Å². The smallest absolute Gasteiger partial charge is 0.254 e. The van der Waals surface area contributed by atoms with Crippen LogP contribution in [0.5, 0.6) is 0 Å². The molecule has 1 saturated heterocycles. The number of hydrogen-bond donors (Lipinski definition) is 1. The maximum absolute atomic E-state index is 14.3. The lowest BCUT2D eigenvalue weighted by molar-refractivity contribution is -0.114. The summed E-state index contributed by atoms with van der Waals surface area (Å²) in [6.07, 6.45) is 4.89. The number of likely N-dealkylation sites (tertiary alicyclic amines) is 1. The van der Waals surface area contributed by atoms with Crippen molar-refractivity contribution < 1.29 is 14.0 Å². The largest absolute Gasteiger partial charge is 0.338 e. The highest BCUT2D eigenvalue weighted by atomic mass is 19.1. The van der Waals surface area contributed by atoms with Crippen LogP contribution in [-0.4, -0.2) is 44.3 Å². The standard InChI is InChI=1S/C27H26FN5O2/c1-18(34)31-25-15-20(27(35)32-12-9-19(16-32)22-7-2-3-8-23(22)28)14-24-26(25)33(17-30-24)13-10-21-6-4-5-11-29-21/h2-8,11,14-15,17,19H,9-10,12-13,16H2,1H3,(H,31,34)/t19-/m0/s1. The van der Waals surface area contributed by atoms with E-state index in [0.717, 1.165) is 11.2 Å². The van der Waals surface area contributed by atoms with Crippen LogP contribution < -0.4 is 5.32 Å². The molecule has 0 bridgehead atoms. The van der Waals surface area contributed by atoms with E-state index < -0.39 is 0 Å². The number of imidazole rings is 1. The Morgan fingerprint density at radius 3 is 2.71 bits per heavy atom. The molecule has 8 heteroatoms. The Balaban J connectivity index is 1.41. The highest BCUT2D eigenvalue weighted by molar-refractivity contribution is 6.05. The summed E-state index contributed by atoms with van der Waals surface area (Å²) in [5.41, 5.74) is 3.99. The maximum atomic E-state index is 14.3. The van der Waals surface area contributed by atoms with Crippen molar-refractivity contribution in [2.75, 3.05) is 18.4 Å². The first-order valence-electron chi connectivity index (χ1n) is 11.7. The third kappa shape index (κ3) is 4.77. The van der Waals surface area contributed by atoms with Gasteiger partial charge in [0.2, 0.25) is 5.91 Å². The van der Waals surface area contributed by atoms with E-state index >= 15 is 0 Å². The molecular weight excluding hydrogens is 445 g/mol. The number of amides is 2. The maximum Gasteiger partial charge on any atom is 0.254 e. The average molecular weight is 472 g/mol. The molecule has 0 unspecified atom stereocenters. The average Bonchev–Trinajstić information content (AvgIpc) is 3.50. The number of carbonyl (C=O) groups is 2. The van der Waals surface area contributed by atoms with Crippen molar-refractivity contribution in [3.63, 3.8) is 0 Å². The third-order valence-electron chi connectivity index (χ3n) is 6.43. The van der Waals surface area contributed by atoms with E-state index in [9.17, 15) is 14.0 Å². The van der Waals surface area contributed by atoms with Crippen LogP contribution in [0.2, 0.25) is 0 Å². The van der Waals surface area contributed by atoms with E-state index in [1.54, 1.807) is 41.7 Å². The van der Waals surface area contributed by atoms with Crippen LogP contribution in [0.4, 0.5) is 10.1 Å². The fraction of sp³-hybridized carbons (Fsp3) is 0.259. The molecule has 0 saturated carbocycles. The molecule has 2 aromatic heterocycles. The highest BCUT2D eigenvalue weighted by Gasteiger charge is 2.30. The van der Waals surface area contributed by atoms with E-state index in [1.165, 1.54) is 13.0 Å². The lowest BCUT2D eigenvalue weighted by atomic mass is 9.98. The molecule has 178 valence electrons. The number of carbonyl (C=O) groups excluding carboxylic acids is 2. The SMILES string of the molecule is CC(=O)Nc1cc(C(=O)N2CC[C@H](c3ccccc3F)C2)cc2ncn(CCc3ccccn3)c12. The quantitative estimate of drug-likeness (QED) is 0.452. The van der Waals surface area contributed by atoms with Gasteiger partial charge in [-0.3, -0.25) is 14.6 Å². The number of nitrogens with one attached hydrogen (secondary N) is 1. The summed E-state index contributed by atoms with van der Waals surface area (Å²) in [6.45, 7) is 3.06. The summed E-state index contributed by atoms with van der Waals surface area (Å²) in [6, 6.07) is 16.0. The Bertz CT molecular complexity index is 1390. The van der Waals surface area contributed by atoms with Gasteiger partial charge >= 0.3 is 0 Å². The molecule has 2 aromatic carbocycles. The van der Waals surface area contributed by atoms with E-state index in [4.69, 9.17) is 0 Å². The van der Waals surface area contributed by atoms with Crippen LogP contribution in [0, 0.1) is 5.82 Å². The van der Waals surface area contributed by atoms with Crippen molar-refractivity contribution in [1.82, 2.24) is 19.4 Å². The van der Waals surface area contributed by atoms with E-state index in [-0.39, 0.29) is 23.5 Å². The van der Waals surface area contributed by atoms with Crippen molar-refractivity contribution in [2.45, 2.75) is 32.2 Å². The summed E-state index contributed by atoms with van der Waals surface area (Å²) in [4.78, 5) is 36.0. The van der Waals surface area contributed by atoms with Crippen LogP contribution in [0.15, 0.2) is 67.1 Å². The van der Waals surface area contributed by atoms with Gasteiger partial charge in [-0.1, -0.05) is 24.3 Å². The molecule has 1 fully saturated rings. The minimum atomic E-state index is -0.239. The lowest BCUT2D eigenvalue weighted by Gasteiger charge is -2.18. The molecule has 0 aliphatic carbocycles. The van der Waals surface area contributed by atoms with Crippen molar-refractivity contribution in [1.29, 1.82) is 0 Å². The van der Waals surface area contributed by atoms with Gasteiger partial charge in [0.1, 0.15) is 5.82 Å². The van der Waals surface area contributed by atoms with Crippen LogP contribution in [-0.2, 0) is 17.8 Å². The first-order valence-corrected chi connectivity index (χ1v) is 11.7. The minimum Gasteiger partial charge on any atom is -0.338 e. The molecule has 5 rings (SSSR count). The molecule has 7 nitrogen and oxygen atoms in total. The van der Waals surface area contributed by atoms with E-state index in [0.29, 0.717) is 54.8 Å². The first-order chi connectivity index (χ1) is 17.0. The highest BCUT2D eigenvalue weighted by Crippen LogP contribution is 2.31. The van der Waals surface area contributed by atoms with E-state index in [1.807, 2.05) is 28.8 Å². The number of anilines is 1. The molecule has 35 heavy (non-hydrogen) atoms. The van der Waals surface area contributed by atoms with Crippen molar-refractivity contribution >= 4 is 28.5 Å². The summed E-state index contributed by atoms with van der Waals surface area (Å²) in [5.74, 6) is -0.656. The first kappa shape index (κ1) is 22.7. The van der Waals surface area contributed by atoms with Gasteiger partial charge < -0.3 is 14.8 Å². The molecule has 1 atom stereocenters. The molecule has 1 aliphatic heterocycles. The van der Waals surface area contributed by atoms with Crippen molar-refractivity contribution in [2.24, 2.45) is 0 Å². The number of halogens is 1. The molecule has 4 aromatic rings. The Labute approximate surface area is 202 Å². The van der Waals surface area contributed by atoms with Crippen LogP contribution in [0.25, 0.3) is 11.0 Å². The fourth-order valence-electron chi connectivity index (χ4n) is 4.76. The number of aromatic nitrogens is 3. The van der Waals surface area contributed by atoms with Crippen LogP contribution in [0.1, 0.15) is 40.9 Å². The zero-order valence-corrected chi connectivity index (χ0v) is 19.4. The number of fused-ring (bicyclic) bond motifs is 1. The van der Waals surface area contributed by atoms with Crippen LogP contribution >= 0.6 is 0 Å².